The first-order chi connectivity index (χ1) is 22.6. The third kappa shape index (κ3) is 5.40. The van der Waals surface area contributed by atoms with Crippen LogP contribution >= 0.6 is 0 Å². The Balaban J connectivity index is 1.30. The number of fused-ring (bicyclic) bond motifs is 3. The monoisotopic (exact) mass is 641 g/mol. The Hall–Kier alpha value is -4.12. The van der Waals surface area contributed by atoms with E-state index in [0.29, 0.717) is 5.92 Å². The van der Waals surface area contributed by atoms with Crippen LogP contribution in [0.4, 0.5) is 17.2 Å². The molecular weight excluding hydrogens is 590 g/mol. The van der Waals surface area contributed by atoms with Gasteiger partial charge in [0.2, 0.25) is 5.90 Å². The molecule has 2 aliphatic heterocycles. The van der Waals surface area contributed by atoms with Gasteiger partial charge < -0.3 is 9.47 Å². The summed E-state index contributed by atoms with van der Waals surface area (Å²) >= 11 is 0. The minimum absolute atomic E-state index is 0.0431. The van der Waals surface area contributed by atoms with E-state index in [9.17, 15) is 0 Å². The zero-order valence-corrected chi connectivity index (χ0v) is 30.5. The fourth-order valence-electron chi connectivity index (χ4n) is 7.86. The number of aryl methyl sites for hydroxylation is 1. The Morgan fingerprint density at radius 3 is 2.33 bits per heavy atom. The van der Waals surface area contributed by atoms with Crippen molar-refractivity contribution in [3.8, 4) is 11.5 Å². The second-order valence-electron chi connectivity index (χ2n) is 16.6. The minimum Gasteiger partial charge on any atom is -0.469 e. The van der Waals surface area contributed by atoms with Gasteiger partial charge in [0.1, 0.15) is 28.5 Å². The maximum absolute atomic E-state index is 6.77. The molecule has 3 heterocycles. The molecule has 48 heavy (non-hydrogen) atoms. The molecular formula is C43H51N3O2. The Morgan fingerprint density at radius 1 is 0.854 bits per heavy atom. The lowest BCUT2D eigenvalue weighted by molar-refractivity contribution is 0.000924. The van der Waals surface area contributed by atoms with Crippen molar-refractivity contribution in [2.45, 2.75) is 123 Å². The van der Waals surface area contributed by atoms with Gasteiger partial charge in [0.15, 0.2) is 0 Å². The van der Waals surface area contributed by atoms with E-state index in [1.165, 1.54) is 35.1 Å². The molecule has 1 aliphatic carbocycles. The van der Waals surface area contributed by atoms with Crippen molar-refractivity contribution in [1.29, 1.82) is 0 Å². The summed E-state index contributed by atoms with van der Waals surface area (Å²) in [5.74, 6) is 3.60. The average molecular weight is 642 g/mol. The number of anilines is 3. The van der Waals surface area contributed by atoms with Gasteiger partial charge in [-0.25, -0.2) is 9.98 Å². The zero-order valence-electron chi connectivity index (χ0n) is 30.5. The van der Waals surface area contributed by atoms with Crippen molar-refractivity contribution in [3.05, 3.63) is 106 Å². The number of benzene rings is 3. The SMILES string of the molecule is Cc1cc(Oc2cc(C3=N[C@@]4(C)CCCC[C@]4(C)O3)cc(C(C)C)c2)cc(N2c3ccc(C(C)(C)C)cc3C(C)(C)c3cccnc32)c1. The number of aliphatic imine (C=N–C) groups is 1. The second kappa shape index (κ2) is 11.2. The summed E-state index contributed by atoms with van der Waals surface area (Å²) in [5.41, 5.74) is 8.70. The lowest BCUT2D eigenvalue weighted by Gasteiger charge is -2.41. The molecule has 4 aromatic rings. The first kappa shape index (κ1) is 32.4. The Bertz CT molecular complexity index is 1930. The van der Waals surface area contributed by atoms with Gasteiger partial charge in [0.25, 0.3) is 0 Å². The summed E-state index contributed by atoms with van der Waals surface area (Å²) in [4.78, 5) is 12.5. The molecule has 0 radical (unpaired) electrons. The highest BCUT2D eigenvalue weighted by molar-refractivity contribution is 5.97. The van der Waals surface area contributed by atoms with Gasteiger partial charge in [-0.05, 0) is 116 Å². The molecule has 1 fully saturated rings. The quantitative estimate of drug-likeness (QED) is 0.218. The van der Waals surface area contributed by atoms with Crippen LogP contribution in [0, 0.1) is 6.92 Å². The van der Waals surface area contributed by atoms with E-state index in [4.69, 9.17) is 19.5 Å². The zero-order chi connectivity index (χ0) is 34.2. The van der Waals surface area contributed by atoms with Crippen LogP contribution in [-0.4, -0.2) is 22.0 Å². The van der Waals surface area contributed by atoms with E-state index >= 15 is 0 Å². The Morgan fingerprint density at radius 2 is 1.60 bits per heavy atom. The van der Waals surface area contributed by atoms with Crippen LogP contribution in [0.15, 0.2) is 77.9 Å². The predicted octanol–water partition coefficient (Wildman–Crippen LogP) is 11.6. The van der Waals surface area contributed by atoms with Crippen LogP contribution in [0.25, 0.3) is 0 Å². The number of ether oxygens (including phenoxy) is 2. The van der Waals surface area contributed by atoms with Crippen molar-refractivity contribution in [2.75, 3.05) is 4.90 Å². The smallest absolute Gasteiger partial charge is 0.217 e. The lowest BCUT2D eigenvalue weighted by atomic mass is 9.72. The summed E-state index contributed by atoms with van der Waals surface area (Å²) < 4.78 is 13.5. The summed E-state index contributed by atoms with van der Waals surface area (Å²) in [5, 5.41) is 0. The molecule has 1 aromatic heterocycles. The van der Waals surface area contributed by atoms with Crippen molar-refractivity contribution >= 4 is 23.1 Å². The van der Waals surface area contributed by atoms with Crippen molar-refractivity contribution in [3.63, 3.8) is 0 Å². The lowest BCUT2D eigenvalue weighted by Crippen LogP contribution is -2.49. The van der Waals surface area contributed by atoms with Crippen LogP contribution in [-0.2, 0) is 15.6 Å². The standard InChI is InChI=1S/C43H51N3O2/c1-27(2)29-22-30(39-45-42(9)17-11-12-18-43(42,10)48-39)24-34(23-29)47-33-21-28(3)20-32(26-33)46-37-16-15-31(40(4,5)6)25-36(37)41(7,8)35-14-13-19-44-38(35)46/h13-16,19-27H,11-12,17-18H2,1-10H3/t42-,43-/m0/s1. The van der Waals surface area contributed by atoms with E-state index in [1.54, 1.807) is 0 Å². The normalized spacial score (nSPS) is 22.8. The molecule has 0 saturated heterocycles. The van der Waals surface area contributed by atoms with E-state index in [0.717, 1.165) is 58.6 Å². The van der Waals surface area contributed by atoms with Gasteiger partial charge in [-0.3, -0.25) is 4.90 Å². The first-order valence-electron chi connectivity index (χ1n) is 17.7. The van der Waals surface area contributed by atoms with Gasteiger partial charge in [0, 0.05) is 28.8 Å². The third-order valence-corrected chi connectivity index (χ3v) is 11.2. The summed E-state index contributed by atoms with van der Waals surface area (Å²) in [6.45, 7) is 22.5. The highest BCUT2D eigenvalue weighted by Gasteiger charge is 2.53. The van der Waals surface area contributed by atoms with Crippen LogP contribution < -0.4 is 9.64 Å². The average Bonchev–Trinajstić information content (AvgIpc) is 3.31. The van der Waals surface area contributed by atoms with Crippen molar-refractivity contribution < 1.29 is 9.47 Å². The van der Waals surface area contributed by atoms with Gasteiger partial charge in [0.05, 0.1) is 11.4 Å². The molecule has 0 amide bonds. The maximum Gasteiger partial charge on any atom is 0.217 e. The Labute approximate surface area is 287 Å². The molecule has 2 atom stereocenters. The molecule has 1 saturated carbocycles. The molecule has 3 aliphatic rings. The number of hydrogen-bond donors (Lipinski definition) is 0. The van der Waals surface area contributed by atoms with Gasteiger partial charge >= 0.3 is 0 Å². The molecule has 250 valence electrons. The Kier molecular flexibility index (Phi) is 7.58. The van der Waals surface area contributed by atoms with Gasteiger partial charge in [-0.2, -0.15) is 0 Å². The maximum atomic E-state index is 6.77. The number of nitrogens with zero attached hydrogens (tertiary/aromatic N) is 3. The number of aromatic nitrogens is 1. The molecule has 5 heteroatoms. The van der Waals surface area contributed by atoms with Crippen LogP contribution in [0.1, 0.15) is 127 Å². The van der Waals surface area contributed by atoms with Gasteiger partial charge in [-0.1, -0.05) is 73.1 Å². The molecule has 0 bridgehead atoms. The number of hydrogen-bond acceptors (Lipinski definition) is 5. The summed E-state index contributed by atoms with van der Waals surface area (Å²) in [7, 11) is 0. The van der Waals surface area contributed by atoms with Crippen LogP contribution in [0.2, 0.25) is 0 Å². The van der Waals surface area contributed by atoms with E-state index in [1.807, 2.05) is 6.20 Å². The van der Waals surface area contributed by atoms with E-state index in [2.05, 4.69) is 141 Å². The molecule has 5 nitrogen and oxygen atoms in total. The summed E-state index contributed by atoms with van der Waals surface area (Å²) in [6, 6.07) is 24.2. The van der Waals surface area contributed by atoms with Crippen LogP contribution in [0.5, 0.6) is 11.5 Å². The van der Waals surface area contributed by atoms with E-state index in [-0.39, 0.29) is 22.0 Å². The second-order valence-corrected chi connectivity index (χ2v) is 16.6. The van der Waals surface area contributed by atoms with Crippen molar-refractivity contribution in [1.82, 2.24) is 4.98 Å². The third-order valence-electron chi connectivity index (χ3n) is 11.2. The van der Waals surface area contributed by atoms with Crippen LogP contribution in [0.3, 0.4) is 0 Å². The molecule has 0 N–H and O–H groups in total. The largest absolute Gasteiger partial charge is 0.469 e. The highest BCUT2D eigenvalue weighted by Crippen LogP contribution is 2.52. The number of rotatable bonds is 5. The number of pyridine rings is 1. The predicted molar refractivity (Wildman–Crippen MR) is 198 cm³/mol. The fourth-order valence-corrected chi connectivity index (χ4v) is 7.86. The molecule has 0 spiro atoms. The molecule has 7 rings (SSSR count). The molecule has 0 unspecified atom stereocenters. The van der Waals surface area contributed by atoms with E-state index < -0.39 is 0 Å². The minimum atomic E-state index is -0.266. The highest BCUT2D eigenvalue weighted by atomic mass is 16.5. The van der Waals surface area contributed by atoms with Crippen molar-refractivity contribution in [2.24, 2.45) is 4.99 Å². The fraction of sp³-hybridized carbons (Fsp3) is 0.442. The topological polar surface area (TPSA) is 47.0 Å². The summed E-state index contributed by atoms with van der Waals surface area (Å²) in [6.07, 6.45) is 6.36. The molecule has 3 aromatic carbocycles. The van der Waals surface area contributed by atoms with Gasteiger partial charge in [-0.15, -0.1) is 0 Å². The first-order valence-corrected chi connectivity index (χ1v) is 17.7.